The van der Waals surface area contributed by atoms with Crippen LogP contribution in [0.4, 0.5) is 5.69 Å². The monoisotopic (exact) mass is 269 g/mol. The van der Waals surface area contributed by atoms with Crippen molar-refractivity contribution in [3.63, 3.8) is 0 Å². The lowest BCUT2D eigenvalue weighted by molar-refractivity contribution is -0.384. The van der Waals surface area contributed by atoms with Crippen molar-refractivity contribution in [1.29, 1.82) is 0 Å². The molecule has 0 aliphatic rings. The number of nitrogens with two attached hydrogens (primary N) is 1. The fourth-order valence-corrected chi connectivity index (χ4v) is 1.41. The van der Waals surface area contributed by atoms with Gasteiger partial charge in [-0.2, -0.15) is 5.10 Å². The Morgan fingerprint density at radius 1 is 1.25 bits per heavy atom. The predicted octanol–water partition coefficient (Wildman–Crippen LogP) is 1.73. The molecule has 0 amide bonds. The summed E-state index contributed by atoms with van der Waals surface area (Å²) in [6.07, 6.45) is 3.07. The molecule has 0 bridgehead atoms. The number of pyridine rings is 1. The van der Waals surface area contributed by atoms with Gasteiger partial charge in [0.05, 0.1) is 11.1 Å². The van der Waals surface area contributed by atoms with Crippen LogP contribution in [0.3, 0.4) is 0 Å². The molecule has 20 heavy (non-hydrogen) atoms. The Labute approximate surface area is 114 Å². The molecule has 0 aliphatic carbocycles. The zero-order valence-corrected chi connectivity index (χ0v) is 10.4. The van der Waals surface area contributed by atoms with E-state index in [0.717, 1.165) is 0 Å². The summed E-state index contributed by atoms with van der Waals surface area (Å²) in [5.41, 5.74) is 6.96. The zero-order valence-electron chi connectivity index (χ0n) is 10.4. The van der Waals surface area contributed by atoms with E-state index in [0.29, 0.717) is 11.3 Å². The van der Waals surface area contributed by atoms with Crippen molar-refractivity contribution in [2.45, 2.75) is 0 Å². The number of rotatable bonds is 4. The first-order valence-corrected chi connectivity index (χ1v) is 5.69. The fourth-order valence-electron chi connectivity index (χ4n) is 1.41. The van der Waals surface area contributed by atoms with E-state index in [1.54, 1.807) is 36.5 Å². The maximum absolute atomic E-state index is 10.5. The Morgan fingerprint density at radius 2 is 2.00 bits per heavy atom. The minimum atomic E-state index is -0.460. The van der Waals surface area contributed by atoms with Crippen molar-refractivity contribution in [1.82, 2.24) is 4.98 Å². The van der Waals surface area contributed by atoms with Crippen molar-refractivity contribution < 1.29 is 4.92 Å². The van der Waals surface area contributed by atoms with Crippen LogP contribution in [0.1, 0.15) is 11.3 Å². The maximum atomic E-state index is 10.5. The first-order valence-electron chi connectivity index (χ1n) is 5.69. The molecule has 0 atom stereocenters. The van der Waals surface area contributed by atoms with Crippen LogP contribution in [0, 0.1) is 10.1 Å². The van der Waals surface area contributed by atoms with Gasteiger partial charge < -0.3 is 5.73 Å². The predicted molar refractivity (Wildman–Crippen MR) is 75.7 cm³/mol. The third-order valence-electron chi connectivity index (χ3n) is 2.40. The van der Waals surface area contributed by atoms with E-state index in [4.69, 9.17) is 5.73 Å². The van der Waals surface area contributed by atoms with Crippen LogP contribution in [0.2, 0.25) is 0 Å². The molecule has 1 heterocycles. The minimum absolute atomic E-state index is 0.0265. The Bertz CT molecular complexity index is 650. The molecule has 1 aromatic heterocycles. The van der Waals surface area contributed by atoms with Crippen LogP contribution in [0.25, 0.3) is 0 Å². The normalized spacial score (nSPS) is 11.7. The third-order valence-corrected chi connectivity index (χ3v) is 2.40. The number of benzene rings is 1. The molecule has 0 radical (unpaired) electrons. The summed E-state index contributed by atoms with van der Waals surface area (Å²) < 4.78 is 0. The smallest absolute Gasteiger partial charge is 0.269 e. The average molecular weight is 269 g/mol. The first kappa shape index (κ1) is 13.3. The first-order chi connectivity index (χ1) is 9.66. The van der Waals surface area contributed by atoms with Gasteiger partial charge >= 0.3 is 0 Å². The van der Waals surface area contributed by atoms with Gasteiger partial charge in [-0.25, -0.2) is 0 Å². The van der Waals surface area contributed by atoms with E-state index in [2.05, 4.69) is 15.2 Å². The maximum Gasteiger partial charge on any atom is 0.269 e. The molecule has 0 fully saturated rings. The van der Waals surface area contributed by atoms with E-state index in [9.17, 15) is 10.1 Å². The van der Waals surface area contributed by atoms with Crippen LogP contribution in [-0.2, 0) is 0 Å². The molecule has 0 unspecified atom stereocenters. The van der Waals surface area contributed by atoms with Gasteiger partial charge in [-0.3, -0.25) is 15.1 Å². The number of hydrogen-bond donors (Lipinski definition) is 1. The highest BCUT2D eigenvalue weighted by Gasteiger charge is 2.02. The van der Waals surface area contributed by atoms with E-state index < -0.39 is 4.92 Å². The van der Waals surface area contributed by atoms with Crippen molar-refractivity contribution in [2.24, 2.45) is 15.9 Å². The molecule has 0 aliphatic heterocycles. The number of amidine groups is 1. The Balaban J connectivity index is 2.08. The average Bonchev–Trinajstić information content (AvgIpc) is 2.48. The van der Waals surface area contributed by atoms with Gasteiger partial charge in [0.1, 0.15) is 5.69 Å². The minimum Gasteiger partial charge on any atom is -0.380 e. The Kier molecular flexibility index (Phi) is 4.13. The van der Waals surface area contributed by atoms with Crippen LogP contribution >= 0.6 is 0 Å². The van der Waals surface area contributed by atoms with E-state index in [-0.39, 0.29) is 11.5 Å². The number of non-ortho nitro benzene ring substituents is 1. The number of aromatic nitrogens is 1. The number of nitro groups is 1. The second-order valence-electron chi connectivity index (χ2n) is 3.79. The summed E-state index contributed by atoms with van der Waals surface area (Å²) in [5.74, 6) is 0.198. The zero-order chi connectivity index (χ0) is 14.4. The Hall–Kier alpha value is -3.09. The topological polar surface area (TPSA) is 107 Å². The summed E-state index contributed by atoms with van der Waals surface area (Å²) in [6, 6.07) is 11.2. The number of nitrogens with zero attached hydrogens (tertiary/aromatic N) is 4. The van der Waals surface area contributed by atoms with Crippen LogP contribution < -0.4 is 5.73 Å². The second kappa shape index (κ2) is 6.19. The highest BCUT2D eigenvalue weighted by atomic mass is 16.6. The highest BCUT2D eigenvalue weighted by Crippen LogP contribution is 2.10. The molecule has 7 heteroatoms. The number of hydrogen-bond acceptors (Lipinski definition) is 5. The molecule has 0 saturated heterocycles. The van der Waals surface area contributed by atoms with Gasteiger partial charge in [0.2, 0.25) is 0 Å². The summed E-state index contributed by atoms with van der Waals surface area (Å²) in [5, 5.41) is 18.1. The SMILES string of the molecule is N/C(=N\N=C\c1ccc([N+](=O)[O-])cc1)c1ccccn1. The lowest BCUT2D eigenvalue weighted by atomic mass is 10.2. The largest absolute Gasteiger partial charge is 0.380 e. The molecular weight excluding hydrogens is 258 g/mol. The van der Waals surface area contributed by atoms with Gasteiger partial charge in [0.25, 0.3) is 5.69 Å². The molecule has 100 valence electrons. The molecule has 2 rings (SSSR count). The van der Waals surface area contributed by atoms with Crippen molar-refractivity contribution in [2.75, 3.05) is 0 Å². The quantitative estimate of drug-likeness (QED) is 0.394. The highest BCUT2D eigenvalue weighted by molar-refractivity contribution is 5.95. The van der Waals surface area contributed by atoms with Gasteiger partial charge in [0, 0.05) is 18.3 Å². The van der Waals surface area contributed by atoms with Gasteiger partial charge in [-0.05, 0) is 29.8 Å². The lowest BCUT2D eigenvalue weighted by Gasteiger charge is -1.95. The van der Waals surface area contributed by atoms with Crippen molar-refractivity contribution in [3.8, 4) is 0 Å². The van der Waals surface area contributed by atoms with Crippen molar-refractivity contribution in [3.05, 3.63) is 70.0 Å². The van der Waals surface area contributed by atoms with Crippen LogP contribution in [0.15, 0.2) is 58.9 Å². The molecular formula is C13H11N5O2. The van der Waals surface area contributed by atoms with E-state index >= 15 is 0 Å². The van der Waals surface area contributed by atoms with Crippen LogP contribution in [0.5, 0.6) is 0 Å². The molecule has 2 N–H and O–H groups in total. The summed E-state index contributed by atoms with van der Waals surface area (Å²) in [7, 11) is 0. The third kappa shape index (κ3) is 3.45. The molecule has 0 spiro atoms. The summed E-state index contributed by atoms with van der Waals surface area (Å²) in [4.78, 5) is 14.1. The van der Waals surface area contributed by atoms with Gasteiger partial charge in [-0.15, -0.1) is 5.10 Å². The summed E-state index contributed by atoms with van der Waals surface area (Å²) in [6.45, 7) is 0. The second-order valence-corrected chi connectivity index (χ2v) is 3.79. The standard InChI is InChI=1S/C13H11N5O2/c14-13(12-3-1-2-8-15-12)17-16-9-10-4-6-11(7-5-10)18(19)20/h1-9H,(H2,14,17)/b16-9+. The molecule has 2 aromatic rings. The van der Waals surface area contributed by atoms with Crippen molar-refractivity contribution >= 4 is 17.7 Å². The lowest BCUT2D eigenvalue weighted by Crippen LogP contribution is -2.14. The van der Waals surface area contributed by atoms with Gasteiger partial charge in [-0.1, -0.05) is 6.07 Å². The summed E-state index contributed by atoms with van der Waals surface area (Å²) >= 11 is 0. The molecule has 1 aromatic carbocycles. The van der Waals surface area contributed by atoms with E-state index in [1.807, 2.05) is 0 Å². The molecule has 7 nitrogen and oxygen atoms in total. The Morgan fingerprint density at radius 3 is 2.60 bits per heavy atom. The van der Waals surface area contributed by atoms with Crippen LogP contribution in [-0.4, -0.2) is 22.0 Å². The fraction of sp³-hybridized carbons (Fsp3) is 0. The van der Waals surface area contributed by atoms with E-state index in [1.165, 1.54) is 18.3 Å². The number of nitro benzene ring substituents is 1. The molecule has 0 saturated carbocycles. The van der Waals surface area contributed by atoms with Gasteiger partial charge in [0.15, 0.2) is 5.84 Å².